The number of hydrogen-bond acceptors (Lipinski definition) is 5. The predicted molar refractivity (Wildman–Crippen MR) is 142 cm³/mol. The fourth-order valence-corrected chi connectivity index (χ4v) is 7.18. The van der Waals surface area contributed by atoms with E-state index in [9.17, 15) is 14.4 Å². The Balaban J connectivity index is 1.27. The lowest BCUT2D eigenvalue weighted by Crippen LogP contribution is -2.57. The van der Waals surface area contributed by atoms with Crippen LogP contribution in [-0.2, 0) is 23.9 Å². The molecule has 38 heavy (non-hydrogen) atoms. The van der Waals surface area contributed by atoms with Crippen LogP contribution >= 0.6 is 0 Å². The first-order valence-corrected chi connectivity index (χ1v) is 14.4. The topological polar surface area (TPSA) is 97.0 Å². The number of likely N-dealkylation sites (tertiary alicyclic amines) is 1. The third kappa shape index (κ3) is 4.35. The molecule has 4 aliphatic heterocycles. The van der Waals surface area contributed by atoms with E-state index in [2.05, 4.69) is 24.5 Å². The lowest BCUT2D eigenvalue weighted by atomic mass is 9.74. The van der Waals surface area contributed by atoms with E-state index in [0.717, 1.165) is 38.5 Å². The van der Waals surface area contributed by atoms with Crippen molar-refractivity contribution in [2.24, 2.45) is 11.8 Å². The number of nitrogens with zero attached hydrogens (tertiary/aromatic N) is 1. The zero-order chi connectivity index (χ0) is 26.4. The van der Waals surface area contributed by atoms with E-state index < -0.39 is 29.6 Å². The predicted octanol–water partition coefficient (Wildman–Crippen LogP) is 3.53. The first-order chi connectivity index (χ1) is 18.4. The molecule has 6 rings (SSSR count). The Labute approximate surface area is 224 Å². The molecule has 0 aromatic heterocycles. The van der Waals surface area contributed by atoms with Crippen molar-refractivity contribution in [1.29, 1.82) is 0 Å². The minimum absolute atomic E-state index is 0.105. The van der Waals surface area contributed by atoms with Gasteiger partial charge in [-0.2, -0.15) is 0 Å². The number of nitrogens with one attached hydrogen (secondary N) is 2. The Bertz CT molecular complexity index is 1110. The smallest absolute Gasteiger partial charge is 0.246 e. The number of rotatable bonds is 7. The number of carbonyl (C=O) groups is 3. The molecular weight excluding hydrogens is 482 g/mol. The summed E-state index contributed by atoms with van der Waals surface area (Å²) in [5.41, 5.74) is 0.743. The number of hydrogen-bond donors (Lipinski definition) is 2. The zero-order valence-electron chi connectivity index (χ0n) is 22.4. The fourth-order valence-electron chi connectivity index (χ4n) is 7.18. The molecule has 2 bridgehead atoms. The first-order valence-electron chi connectivity index (χ1n) is 14.4. The molecule has 1 aromatic carbocycles. The van der Waals surface area contributed by atoms with Gasteiger partial charge in [-0.3, -0.25) is 14.4 Å². The van der Waals surface area contributed by atoms with Gasteiger partial charge in [0.25, 0.3) is 0 Å². The summed E-state index contributed by atoms with van der Waals surface area (Å²) in [6.07, 6.45) is 10.2. The summed E-state index contributed by atoms with van der Waals surface area (Å²) in [4.78, 5) is 43.2. The molecule has 1 spiro atoms. The van der Waals surface area contributed by atoms with Gasteiger partial charge in [0.2, 0.25) is 17.7 Å². The molecule has 4 heterocycles. The van der Waals surface area contributed by atoms with Gasteiger partial charge in [-0.05, 0) is 49.3 Å². The molecule has 204 valence electrons. The monoisotopic (exact) mass is 521 g/mol. The van der Waals surface area contributed by atoms with Gasteiger partial charge in [-0.1, -0.05) is 57.4 Å². The second kappa shape index (κ2) is 10.1. The average Bonchev–Trinajstić information content (AvgIpc) is 3.68. The van der Waals surface area contributed by atoms with Gasteiger partial charge in [0.15, 0.2) is 0 Å². The molecule has 1 aliphatic carbocycles. The molecule has 6 atom stereocenters. The third-order valence-corrected chi connectivity index (χ3v) is 9.15. The maximum absolute atomic E-state index is 14.0. The van der Waals surface area contributed by atoms with Crippen LogP contribution in [0.15, 0.2) is 36.4 Å². The van der Waals surface area contributed by atoms with E-state index in [1.54, 1.807) is 4.90 Å². The minimum atomic E-state index is -1.14. The number of carbonyl (C=O) groups excluding carboxylic acids is 3. The summed E-state index contributed by atoms with van der Waals surface area (Å²) < 4.78 is 12.3. The number of fused-ring (bicyclic) bond motifs is 1. The highest BCUT2D eigenvalue weighted by molar-refractivity contribution is 6.02. The largest absolute Gasteiger partial charge is 0.376 e. The lowest BCUT2D eigenvalue weighted by molar-refractivity contribution is -0.143. The molecule has 2 N–H and O–H groups in total. The Kier molecular flexibility index (Phi) is 6.80. The van der Waals surface area contributed by atoms with Crippen LogP contribution in [0.4, 0.5) is 5.69 Å². The molecule has 8 nitrogen and oxygen atoms in total. The third-order valence-electron chi connectivity index (χ3n) is 9.15. The minimum Gasteiger partial charge on any atom is -0.376 e. The van der Waals surface area contributed by atoms with Crippen LogP contribution < -0.4 is 10.6 Å². The maximum atomic E-state index is 14.0. The van der Waals surface area contributed by atoms with Crippen molar-refractivity contribution < 1.29 is 23.9 Å². The van der Waals surface area contributed by atoms with E-state index >= 15 is 0 Å². The van der Waals surface area contributed by atoms with Gasteiger partial charge in [-0.15, -0.1) is 0 Å². The molecular formula is C30H39N3O5. The Morgan fingerprint density at radius 2 is 1.82 bits per heavy atom. The quantitative estimate of drug-likeness (QED) is 0.535. The Hall–Kier alpha value is -2.71. The van der Waals surface area contributed by atoms with Crippen LogP contribution in [0.5, 0.6) is 0 Å². The van der Waals surface area contributed by atoms with Crippen molar-refractivity contribution in [2.45, 2.75) is 94.6 Å². The summed E-state index contributed by atoms with van der Waals surface area (Å²) in [7, 11) is 0. The summed E-state index contributed by atoms with van der Waals surface area (Å²) in [5, 5.41) is 6.25. The van der Waals surface area contributed by atoms with Crippen molar-refractivity contribution in [3.05, 3.63) is 42.0 Å². The van der Waals surface area contributed by atoms with Crippen LogP contribution in [0, 0.1) is 11.8 Å². The standard InChI is InChI=1S/C30H39N3O5/c1-18(2)19-10-12-21(13-11-19)31-27(34)24-23-14-15-30(38-23)25(24)29(36)33(17-22-9-6-16-37-22)26(30)28(35)32-20-7-4-3-5-8-20/h10-15,18,20,22-26H,3-9,16-17H2,1-2H3,(H,31,34)(H,32,35)/t22-,23+,24-,25+,26-,30+/m0/s1. The van der Waals surface area contributed by atoms with Gasteiger partial charge >= 0.3 is 0 Å². The van der Waals surface area contributed by atoms with Crippen molar-refractivity contribution in [1.82, 2.24) is 10.2 Å². The van der Waals surface area contributed by atoms with Crippen molar-refractivity contribution in [3.8, 4) is 0 Å². The van der Waals surface area contributed by atoms with Crippen LogP contribution in [-0.4, -0.2) is 65.7 Å². The highest BCUT2D eigenvalue weighted by atomic mass is 16.5. The van der Waals surface area contributed by atoms with Gasteiger partial charge < -0.3 is 25.0 Å². The molecule has 8 heteroatoms. The number of ether oxygens (including phenoxy) is 2. The number of benzene rings is 1. The highest BCUT2D eigenvalue weighted by Crippen LogP contribution is 2.55. The van der Waals surface area contributed by atoms with Gasteiger partial charge in [0.05, 0.1) is 24.0 Å². The second-order valence-electron chi connectivity index (χ2n) is 11.9. The Morgan fingerprint density at radius 1 is 1.05 bits per heavy atom. The summed E-state index contributed by atoms with van der Waals surface area (Å²) in [6, 6.07) is 7.11. The van der Waals surface area contributed by atoms with Gasteiger partial charge in [-0.25, -0.2) is 0 Å². The summed E-state index contributed by atoms with van der Waals surface area (Å²) in [5.74, 6) is -1.66. The summed E-state index contributed by atoms with van der Waals surface area (Å²) >= 11 is 0. The molecule has 4 fully saturated rings. The highest BCUT2D eigenvalue weighted by Gasteiger charge is 2.73. The number of amides is 3. The van der Waals surface area contributed by atoms with Crippen LogP contribution in [0.25, 0.3) is 0 Å². The average molecular weight is 522 g/mol. The van der Waals surface area contributed by atoms with E-state index in [1.807, 2.05) is 36.4 Å². The zero-order valence-corrected chi connectivity index (χ0v) is 22.4. The number of anilines is 1. The van der Waals surface area contributed by atoms with E-state index in [-0.39, 0.29) is 29.9 Å². The molecule has 3 saturated heterocycles. The Morgan fingerprint density at radius 3 is 2.50 bits per heavy atom. The fraction of sp³-hybridized carbons (Fsp3) is 0.633. The maximum Gasteiger partial charge on any atom is 0.246 e. The van der Waals surface area contributed by atoms with Crippen LogP contribution in [0.2, 0.25) is 0 Å². The molecule has 1 saturated carbocycles. The molecule has 5 aliphatic rings. The molecule has 1 aromatic rings. The normalized spacial score (nSPS) is 34.2. The van der Waals surface area contributed by atoms with Crippen molar-refractivity contribution in [3.63, 3.8) is 0 Å². The van der Waals surface area contributed by atoms with E-state index in [0.29, 0.717) is 24.8 Å². The van der Waals surface area contributed by atoms with Gasteiger partial charge in [0.1, 0.15) is 11.6 Å². The van der Waals surface area contributed by atoms with Gasteiger partial charge in [0, 0.05) is 24.9 Å². The van der Waals surface area contributed by atoms with E-state index in [4.69, 9.17) is 9.47 Å². The molecule has 0 unspecified atom stereocenters. The van der Waals surface area contributed by atoms with Crippen molar-refractivity contribution in [2.75, 3.05) is 18.5 Å². The lowest BCUT2D eigenvalue weighted by Gasteiger charge is -2.34. The SMILES string of the molecule is CC(C)c1ccc(NC(=O)[C@H]2[C@H]3C=C[C@]4(O3)[C@H](C(=O)NC3CCCCC3)N(C[C@@H]3CCCO3)C(=O)[C@@H]24)cc1. The van der Waals surface area contributed by atoms with E-state index in [1.165, 1.54) is 12.0 Å². The molecule has 0 radical (unpaired) electrons. The second-order valence-corrected chi connectivity index (χ2v) is 11.9. The first kappa shape index (κ1) is 25.6. The van der Waals surface area contributed by atoms with Crippen molar-refractivity contribution >= 4 is 23.4 Å². The molecule has 3 amide bonds. The van der Waals surface area contributed by atoms with Crippen LogP contribution in [0.1, 0.15) is 70.3 Å². The van der Waals surface area contributed by atoms with Crippen LogP contribution in [0.3, 0.4) is 0 Å². The summed E-state index contributed by atoms with van der Waals surface area (Å²) in [6.45, 7) is 5.26.